The molecular weight excluding hydrogens is 306 g/mol. The van der Waals surface area contributed by atoms with Crippen molar-refractivity contribution in [2.45, 2.75) is 24.8 Å². The van der Waals surface area contributed by atoms with Crippen LogP contribution in [0.2, 0.25) is 0 Å². The first kappa shape index (κ1) is 13.9. The molecule has 1 aromatic rings. The lowest BCUT2D eigenvalue weighted by molar-refractivity contribution is 0.422. The molecule has 1 aliphatic carbocycles. The highest BCUT2D eigenvalue weighted by molar-refractivity contribution is 9.10. The number of azide groups is 1. The molecule has 0 spiro atoms. The van der Waals surface area contributed by atoms with Crippen molar-refractivity contribution in [3.05, 3.63) is 44.2 Å². The fourth-order valence-corrected chi connectivity index (χ4v) is 2.89. The third-order valence-corrected chi connectivity index (χ3v) is 3.91. The molecule has 0 bridgehead atoms. The van der Waals surface area contributed by atoms with Crippen molar-refractivity contribution in [3.63, 3.8) is 0 Å². The highest BCUT2D eigenvalue weighted by atomic mass is 79.9. The van der Waals surface area contributed by atoms with Crippen LogP contribution in [-0.2, 0) is 12.0 Å². The van der Waals surface area contributed by atoms with Gasteiger partial charge in [-0.3, -0.25) is 5.32 Å². The molecule has 0 aromatic heterocycles. The molecule has 0 fully saturated rings. The minimum Gasteiger partial charge on any atom is -0.296 e. The molecule has 19 heavy (non-hydrogen) atoms. The number of nitrogens with one attached hydrogen (secondary N) is 1. The van der Waals surface area contributed by atoms with Gasteiger partial charge in [0, 0.05) is 15.9 Å². The first-order valence-corrected chi connectivity index (χ1v) is 6.97. The maximum Gasteiger partial charge on any atom is 0.132 e. The molecule has 6 heteroatoms. The van der Waals surface area contributed by atoms with Crippen LogP contribution >= 0.6 is 15.9 Å². The van der Waals surface area contributed by atoms with Gasteiger partial charge in [-0.15, -0.1) is 0 Å². The minimum atomic E-state index is -0.591. The standard InChI is InChI=1S/C13H14BrN5/c14-11-2-3-12-10(8-11)4-5-13(12,9-15)17-6-1-7-18-19-16/h2-3,8,17H,1,4-7H2. The molecule has 0 saturated carbocycles. The normalized spacial score (nSPS) is 20.4. The molecule has 1 aromatic carbocycles. The highest BCUT2D eigenvalue weighted by Gasteiger charge is 2.38. The summed E-state index contributed by atoms with van der Waals surface area (Å²) in [5, 5.41) is 16.3. The van der Waals surface area contributed by atoms with E-state index in [9.17, 15) is 5.26 Å². The van der Waals surface area contributed by atoms with Crippen LogP contribution in [-0.4, -0.2) is 13.1 Å². The number of fused-ring (bicyclic) bond motifs is 1. The number of hydrogen-bond acceptors (Lipinski definition) is 3. The van der Waals surface area contributed by atoms with E-state index in [-0.39, 0.29) is 0 Å². The second kappa shape index (κ2) is 6.07. The molecule has 1 atom stereocenters. The van der Waals surface area contributed by atoms with Crippen molar-refractivity contribution in [1.82, 2.24) is 5.32 Å². The van der Waals surface area contributed by atoms with Gasteiger partial charge < -0.3 is 0 Å². The lowest BCUT2D eigenvalue weighted by Gasteiger charge is -2.24. The van der Waals surface area contributed by atoms with Gasteiger partial charge in [0.15, 0.2) is 0 Å². The predicted molar refractivity (Wildman–Crippen MR) is 76.4 cm³/mol. The molecule has 1 unspecified atom stereocenters. The maximum absolute atomic E-state index is 9.53. The van der Waals surface area contributed by atoms with Crippen molar-refractivity contribution in [1.29, 1.82) is 5.26 Å². The van der Waals surface area contributed by atoms with Crippen LogP contribution in [0.4, 0.5) is 0 Å². The summed E-state index contributed by atoms with van der Waals surface area (Å²) in [5.41, 5.74) is 9.91. The third kappa shape index (κ3) is 2.90. The second-order valence-corrected chi connectivity index (χ2v) is 5.47. The molecular formula is C13H14BrN5. The Labute approximate surface area is 120 Å². The van der Waals surface area contributed by atoms with Crippen molar-refractivity contribution in [2.24, 2.45) is 5.11 Å². The Morgan fingerprint density at radius 3 is 3.16 bits per heavy atom. The Bertz CT molecular complexity index is 559. The Morgan fingerprint density at radius 2 is 2.42 bits per heavy atom. The monoisotopic (exact) mass is 319 g/mol. The van der Waals surface area contributed by atoms with Crippen LogP contribution < -0.4 is 5.32 Å². The number of hydrogen-bond donors (Lipinski definition) is 1. The summed E-state index contributed by atoms with van der Waals surface area (Å²) in [6.07, 6.45) is 2.43. The van der Waals surface area contributed by atoms with Gasteiger partial charge in [-0.2, -0.15) is 5.26 Å². The summed E-state index contributed by atoms with van der Waals surface area (Å²) in [5.74, 6) is 0. The SMILES string of the molecule is N#CC1(NCCCN=[N+]=[N-])CCc2cc(Br)ccc21. The fourth-order valence-electron chi connectivity index (χ4n) is 2.48. The average molecular weight is 320 g/mol. The number of nitrogens with zero attached hydrogens (tertiary/aromatic N) is 4. The van der Waals surface area contributed by atoms with E-state index < -0.39 is 5.54 Å². The maximum atomic E-state index is 9.53. The molecule has 0 heterocycles. The first-order chi connectivity index (χ1) is 9.22. The van der Waals surface area contributed by atoms with Crippen molar-refractivity contribution >= 4 is 15.9 Å². The molecule has 0 radical (unpaired) electrons. The van der Waals surface area contributed by atoms with E-state index in [4.69, 9.17) is 5.53 Å². The van der Waals surface area contributed by atoms with E-state index in [1.807, 2.05) is 12.1 Å². The predicted octanol–water partition coefficient (Wildman–Crippen LogP) is 3.40. The lowest BCUT2D eigenvalue weighted by Crippen LogP contribution is -2.39. The van der Waals surface area contributed by atoms with Crippen LogP contribution in [0.3, 0.4) is 0 Å². The second-order valence-electron chi connectivity index (χ2n) is 4.55. The van der Waals surface area contributed by atoms with Gasteiger partial charge >= 0.3 is 0 Å². The molecule has 98 valence electrons. The summed E-state index contributed by atoms with van der Waals surface area (Å²) in [6, 6.07) is 8.47. The number of nitriles is 1. The summed E-state index contributed by atoms with van der Waals surface area (Å²) in [7, 11) is 0. The number of benzene rings is 1. The van der Waals surface area contributed by atoms with Gasteiger partial charge in [0.1, 0.15) is 5.54 Å². The molecule has 1 aliphatic rings. The molecule has 1 N–H and O–H groups in total. The van der Waals surface area contributed by atoms with E-state index in [1.54, 1.807) is 0 Å². The van der Waals surface area contributed by atoms with Crippen molar-refractivity contribution < 1.29 is 0 Å². The number of aryl methyl sites for hydroxylation is 1. The third-order valence-electron chi connectivity index (χ3n) is 3.41. The van der Waals surface area contributed by atoms with Gasteiger partial charge in [0.05, 0.1) is 6.07 Å². The summed E-state index contributed by atoms with van der Waals surface area (Å²) < 4.78 is 1.04. The summed E-state index contributed by atoms with van der Waals surface area (Å²) in [4.78, 5) is 2.72. The largest absolute Gasteiger partial charge is 0.296 e. The van der Waals surface area contributed by atoms with E-state index in [1.165, 1.54) is 5.56 Å². The van der Waals surface area contributed by atoms with Gasteiger partial charge in [0.25, 0.3) is 0 Å². The Morgan fingerprint density at radius 1 is 1.58 bits per heavy atom. The summed E-state index contributed by atoms with van der Waals surface area (Å²) >= 11 is 3.46. The van der Waals surface area contributed by atoms with Gasteiger partial charge in [-0.25, -0.2) is 0 Å². The molecule has 2 rings (SSSR count). The molecule has 5 nitrogen and oxygen atoms in total. The topological polar surface area (TPSA) is 84.6 Å². The van der Waals surface area contributed by atoms with Crippen LogP contribution in [0.1, 0.15) is 24.0 Å². The smallest absolute Gasteiger partial charge is 0.132 e. The Hall–Kier alpha value is -1.54. The quantitative estimate of drug-likeness (QED) is 0.390. The number of rotatable bonds is 5. The van der Waals surface area contributed by atoms with E-state index in [0.29, 0.717) is 13.1 Å². The van der Waals surface area contributed by atoms with E-state index in [2.05, 4.69) is 43.4 Å². The van der Waals surface area contributed by atoms with Gasteiger partial charge in [-0.05, 0) is 54.6 Å². The van der Waals surface area contributed by atoms with Crippen LogP contribution in [0.15, 0.2) is 27.8 Å². The van der Waals surface area contributed by atoms with Crippen molar-refractivity contribution in [3.8, 4) is 6.07 Å². The average Bonchev–Trinajstić information content (AvgIpc) is 2.77. The lowest BCUT2D eigenvalue weighted by atomic mass is 9.93. The van der Waals surface area contributed by atoms with Gasteiger partial charge in [-0.1, -0.05) is 27.1 Å². The van der Waals surface area contributed by atoms with Gasteiger partial charge in [0.2, 0.25) is 0 Å². The van der Waals surface area contributed by atoms with E-state index >= 15 is 0 Å². The number of halogens is 1. The fraction of sp³-hybridized carbons (Fsp3) is 0.462. The highest BCUT2D eigenvalue weighted by Crippen LogP contribution is 2.37. The Kier molecular flexibility index (Phi) is 4.43. The van der Waals surface area contributed by atoms with Crippen LogP contribution in [0, 0.1) is 11.3 Å². The molecule has 0 aliphatic heterocycles. The zero-order valence-electron chi connectivity index (χ0n) is 10.4. The van der Waals surface area contributed by atoms with Crippen LogP contribution in [0.5, 0.6) is 0 Å². The minimum absolute atomic E-state index is 0.457. The zero-order valence-corrected chi connectivity index (χ0v) is 12.0. The zero-order chi connectivity index (χ0) is 13.7. The van der Waals surface area contributed by atoms with Crippen molar-refractivity contribution in [2.75, 3.05) is 13.1 Å². The van der Waals surface area contributed by atoms with E-state index in [0.717, 1.165) is 29.3 Å². The Balaban J connectivity index is 2.09. The molecule has 0 saturated heterocycles. The summed E-state index contributed by atoms with van der Waals surface area (Å²) in [6.45, 7) is 1.13. The first-order valence-electron chi connectivity index (χ1n) is 6.18. The van der Waals surface area contributed by atoms with Crippen LogP contribution in [0.25, 0.3) is 10.4 Å². The molecule has 0 amide bonds.